The lowest BCUT2D eigenvalue weighted by molar-refractivity contribution is 0.172. The van der Waals surface area contributed by atoms with E-state index < -0.39 is 0 Å². The van der Waals surface area contributed by atoms with Gasteiger partial charge < -0.3 is 19.8 Å². The first-order chi connectivity index (χ1) is 9.70. The lowest BCUT2D eigenvalue weighted by atomic mass is 10.2. The minimum Gasteiger partial charge on any atom is -0.486 e. The summed E-state index contributed by atoms with van der Waals surface area (Å²) < 4.78 is 13.6. The number of nitrogens with two attached hydrogens (primary N) is 1. The van der Waals surface area contributed by atoms with E-state index in [1.807, 2.05) is 12.1 Å². The van der Waals surface area contributed by atoms with Crippen LogP contribution in [0.4, 0.5) is 0 Å². The van der Waals surface area contributed by atoms with Gasteiger partial charge in [-0.1, -0.05) is 13.8 Å². The van der Waals surface area contributed by atoms with Crippen LogP contribution in [0, 0.1) is 0 Å². The molecule has 5 heteroatoms. The van der Waals surface area contributed by atoms with Crippen LogP contribution in [0.1, 0.15) is 32.0 Å². The predicted octanol–water partition coefficient (Wildman–Crippen LogP) is 2.28. The Labute approximate surface area is 118 Å². The Morgan fingerprint density at radius 1 is 1.25 bits per heavy atom. The Bertz CT molecular complexity index is 619. The van der Waals surface area contributed by atoms with E-state index in [1.165, 1.54) is 0 Å². The Kier molecular flexibility index (Phi) is 3.53. The van der Waals surface area contributed by atoms with Crippen molar-refractivity contribution >= 4 is 11.0 Å². The fourth-order valence-electron chi connectivity index (χ4n) is 2.61. The summed E-state index contributed by atoms with van der Waals surface area (Å²) in [6.45, 7) is 7.10. The number of nitrogens with zero attached hydrogens (tertiary/aromatic N) is 2. The van der Waals surface area contributed by atoms with Gasteiger partial charge in [-0.15, -0.1) is 0 Å². The molecule has 20 heavy (non-hydrogen) atoms. The molecule has 0 radical (unpaired) electrons. The van der Waals surface area contributed by atoms with E-state index in [-0.39, 0.29) is 0 Å². The lowest BCUT2D eigenvalue weighted by Gasteiger charge is -2.18. The van der Waals surface area contributed by atoms with Crippen LogP contribution in [0.3, 0.4) is 0 Å². The third-order valence-electron chi connectivity index (χ3n) is 3.54. The van der Waals surface area contributed by atoms with E-state index >= 15 is 0 Å². The second kappa shape index (κ2) is 5.32. The molecule has 2 aromatic rings. The molecule has 0 atom stereocenters. The predicted molar refractivity (Wildman–Crippen MR) is 78.5 cm³/mol. The number of benzene rings is 1. The molecule has 1 aromatic carbocycles. The van der Waals surface area contributed by atoms with Crippen LogP contribution in [-0.2, 0) is 6.54 Å². The highest BCUT2D eigenvalue weighted by Crippen LogP contribution is 2.35. The summed E-state index contributed by atoms with van der Waals surface area (Å²) in [6.07, 6.45) is 0.944. The Morgan fingerprint density at radius 2 is 1.95 bits per heavy atom. The van der Waals surface area contributed by atoms with Gasteiger partial charge in [0.1, 0.15) is 19.0 Å². The van der Waals surface area contributed by atoms with Crippen molar-refractivity contribution < 1.29 is 9.47 Å². The van der Waals surface area contributed by atoms with E-state index in [2.05, 4.69) is 18.4 Å². The summed E-state index contributed by atoms with van der Waals surface area (Å²) in [5.41, 5.74) is 7.72. The molecule has 0 saturated heterocycles. The minimum atomic E-state index is 0.374. The van der Waals surface area contributed by atoms with Crippen molar-refractivity contribution in [3.8, 4) is 11.5 Å². The van der Waals surface area contributed by atoms with E-state index in [1.54, 1.807) is 0 Å². The normalized spacial score (nSPS) is 14.2. The topological polar surface area (TPSA) is 62.3 Å². The SMILES string of the molecule is CC(C)c1nc2cc3c(cc2n1CCCN)OCCO3. The smallest absolute Gasteiger partial charge is 0.163 e. The van der Waals surface area contributed by atoms with Crippen LogP contribution < -0.4 is 15.2 Å². The molecule has 0 fully saturated rings. The molecule has 1 aliphatic heterocycles. The molecule has 1 aliphatic rings. The van der Waals surface area contributed by atoms with Crippen LogP contribution in [-0.4, -0.2) is 29.3 Å². The van der Waals surface area contributed by atoms with Gasteiger partial charge in [0, 0.05) is 24.6 Å². The molecule has 3 rings (SSSR count). The second-order valence-corrected chi connectivity index (χ2v) is 5.40. The first kappa shape index (κ1) is 13.2. The largest absolute Gasteiger partial charge is 0.486 e. The van der Waals surface area contributed by atoms with Crippen LogP contribution in [0.5, 0.6) is 11.5 Å². The van der Waals surface area contributed by atoms with Gasteiger partial charge in [0.05, 0.1) is 11.0 Å². The van der Waals surface area contributed by atoms with Gasteiger partial charge in [0.15, 0.2) is 11.5 Å². The summed E-state index contributed by atoms with van der Waals surface area (Å²) in [6, 6.07) is 4.02. The van der Waals surface area contributed by atoms with Gasteiger partial charge in [-0.05, 0) is 13.0 Å². The van der Waals surface area contributed by atoms with Gasteiger partial charge in [-0.25, -0.2) is 4.98 Å². The van der Waals surface area contributed by atoms with Gasteiger partial charge in [0.2, 0.25) is 0 Å². The fraction of sp³-hybridized carbons (Fsp3) is 0.533. The molecule has 0 unspecified atom stereocenters. The number of aromatic nitrogens is 2. The highest BCUT2D eigenvalue weighted by molar-refractivity contribution is 5.81. The summed E-state index contributed by atoms with van der Waals surface area (Å²) in [5, 5.41) is 0. The van der Waals surface area contributed by atoms with E-state index in [9.17, 15) is 0 Å². The van der Waals surface area contributed by atoms with Gasteiger partial charge in [-0.2, -0.15) is 0 Å². The number of imidazole rings is 1. The molecule has 2 heterocycles. The summed E-state index contributed by atoms with van der Waals surface area (Å²) in [5.74, 6) is 3.07. The second-order valence-electron chi connectivity index (χ2n) is 5.40. The molecule has 0 amide bonds. The van der Waals surface area contributed by atoms with Crippen LogP contribution in [0.25, 0.3) is 11.0 Å². The van der Waals surface area contributed by atoms with Crippen LogP contribution in [0.15, 0.2) is 12.1 Å². The average Bonchev–Trinajstić information content (AvgIpc) is 2.80. The summed E-state index contributed by atoms with van der Waals surface area (Å²) >= 11 is 0. The molecular formula is C15H21N3O2. The molecule has 1 aromatic heterocycles. The maximum absolute atomic E-state index is 5.67. The molecule has 5 nitrogen and oxygen atoms in total. The van der Waals surface area contributed by atoms with Crippen molar-refractivity contribution in [1.29, 1.82) is 0 Å². The maximum atomic E-state index is 5.67. The minimum absolute atomic E-state index is 0.374. The Balaban J connectivity index is 2.13. The number of hydrogen-bond donors (Lipinski definition) is 1. The maximum Gasteiger partial charge on any atom is 0.163 e. The zero-order valence-electron chi connectivity index (χ0n) is 12.1. The molecule has 0 bridgehead atoms. The van der Waals surface area contributed by atoms with Crippen molar-refractivity contribution in [3.05, 3.63) is 18.0 Å². The first-order valence-corrected chi connectivity index (χ1v) is 7.20. The summed E-state index contributed by atoms with van der Waals surface area (Å²) in [4.78, 5) is 4.76. The highest BCUT2D eigenvalue weighted by Gasteiger charge is 2.19. The molecule has 0 spiro atoms. The Morgan fingerprint density at radius 3 is 2.60 bits per heavy atom. The number of fused-ring (bicyclic) bond motifs is 2. The number of ether oxygens (including phenoxy) is 2. The molecule has 108 valence electrons. The zero-order valence-corrected chi connectivity index (χ0v) is 12.1. The third-order valence-corrected chi connectivity index (χ3v) is 3.54. The van der Waals surface area contributed by atoms with Crippen molar-refractivity contribution in [3.63, 3.8) is 0 Å². The van der Waals surface area contributed by atoms with Crippen molar-refractivity contribution in [2.24, 2.45) is 5.73 Å². The fourth-order valence-corrected chi connectivity index (χ4v) is 2.61. The standard InChI is InChI=1S/C15H21N3O2/c1-10(2)15-17-11-8-13-14(20-7-6-19-13)9-12(11)18(15)5-3-4-16/h8-10H,3-7,16H2,1-2H3. The monoisotopic (exact) mass is 275 g/mol. The molecule has 0 saturated carbocycles. The molecule has 2 N–H and O–H groups in total. The molecule has 0 aliphatic carbocycles. The van der Waals surface area contributed by atoms with Crippen LogP contribution >= 0.6 is 0 Å². The van der Waals surface area contributed by atoms with E-state index in [0.717, 1.165) is 41.3 Å². The third kappa shape index (κ3) is 2.22. The number of hydrogen-bond acceptors (Lipinski definition) is 4. The Hall–Kier alpha value is -1.75. The number of aryl methyl sites for hydroxylation is 1. The average molecular weight is 275 g/mol. The van der Waals surface area contributed by atoms with E-state index in [4.69, 9.17) is 20.2 Å². The lowest BCUT2D eigenvalue weighted by Crippen LogP contribution is -2.15. The quantitative estimate of drug-likeness (QED) is 0.930. The van der Waals surface area contributed by atoms with Gasteiger partial charge in [-0.3, -0.25) is 0 Å². The van der Waals surface area contributed by atoms with Crippen molar-refractivity contribution in [2.75, 3.05) is 19.8 Å². The van der Waals surface area contributed by atoms with Crippen molar-refractivity contribution in [2.45, 2.75) is 32.7 Å². The van der Waals surface area contributed by atoms with E-state index in [0.29, 0.717) is 25.7 Å². The van der Waals surface area contributed by atoms with Crippen LogP contribution in [0.2, 0.25) is 0 Å². The number of rotatable bonds is 4. The zero-order chi connectivity index (χ0) is 14.1. The first-order valence-electron chi connectivity index (χ1n) is 7.20. The van der Waals surface area contributed by atoms with Gasteiger partial charge >= 0.3 is 0 Å². The highest BCUT2D eigenvalue weighted by atomic mass is 16.6. The van der Waals surface area contributed by atoms with Gasteiger partial charge in [0.25, 0.3) is 0 Å². The summed E-state index contributed by atoms with van der Waals surface area (Å²) in [7, 11) is 0. The molecular weight excluding hydrogens is 254 g/mol. The van der Waals surface area contributed by atoms with Crippen molar-refractivity contribution in [1.82, 2.24) is 9.55 Å².